The fourth-order valence-electron chi connectivity index (χ4n) is 3.59. The maximum Gasteiger partial charge on any atom is 0.246 e. The van der Waals surface area contributed by atoms with E-state index in [9.17, 15) is 19.2 Å². The molecule has 1 aliphatic heterocycles. The molecule has 1 heterocycles. The first kappa shape index (κ1) is 25.8. The third kappa shape index (κ3) is 7.51. The lowest BCUT2D eigenvalue weighted by Crippen LogP contribution is -2.53. The summed E-state index contributed by atoms with van der Waals surface area (Å²) in [5.41, 5.74) is 0. The van der Waals surface area contributed by atoms with Gasteiger partial charge in [-0.25, -0.2) is 0 Å². The molecule has 0 aromatic heterocycles. The highest BCUT2D eigenvalue weighted by atomic mass is 32.2. The van der Waals surface area contributed by atoms with E-state index < -0.39 is 18.1 Å². The summed E-state index contributed by atoms with van der Waals surface area (Å²) in [4.78, 5) is 51.7. The average Bonchev–Trinajstić information content (AvgIpc) is 2.92. The van der Waals surface area contributed by atoms with Crippen molar-refractivity contribution in [3.05, 3.63) is 0 Å². The first-order chi connectivity index (χ1) is 13.6. The SMILES string of the molecule is CSCCC(NC(C)=O)C(=O)NC1CC(C)N(C(CCSC)C(=O)C(C)C)C1=O. The maximum atomic E-state index is 13.1. The normalized spacial score (nSPS) is 21.2. The van der Waals surface area contributed by atoms with Crippen molar-refractivity contribution in [1.82, 2.24) is 15.5 Å². The number of thioether (sulfide) groups is 2. The van der Waals surface area contributed by atoms with E-state index in [0.29, 0.717) is 19.3 Å². The van der Waals surface area contributed by atoms with Gasteiger partial charge in [0.2, 0.25) is 17.7 Å². The Kier molecular flexibility index (Phi) is 11.1. The molecular weight excluding hydrogens is 410 g/mol. The highest BCUT2D eigenvalue weighted by Crippen LogP contribution is 2.26. The van der Waals surface area contributed by atoms with Gasteiger partial charge in [0, 0.05) is 18.9 Å². The lowest BCUT2D eigenvalue weighted by Gasteiger charge is -2.32. The van der Waals surface area contributed by atoms with Gasteiger partial charge in [-0.05, 0) is 50.2 Å². The number of ketones is 1. The molecule has 0 saturated carbocycles. The van der Waals surface area contributed by atoms with Crippen LogP contribution in [0.25, 0.3) is 0 Å². The minimum Gasteiger partial charge on any atom is -0.345 e. The summed E-state index contributed by atoms with van der Waals surface area (Å²) in [5.74, 6) is 0.566. The average molecular weight is 446 g/mol. The lowest BCUT2D eigenvalue weighted by molar-refractivity contribution is -0.141. The third-order valence-corrected chi connectivity index (χ3v) is 6.34. The number of carbonyl (C=O) groups is 4. The Morgan fingerprint density at radius 1 is 1.14 bits per heavy atom. The second-order valence-corrected chi connectivity index (χ2v) is 9.75. The van der Waals surface area contributed by atoms with Crippen molar-refractivity contribution in [1.29, 1.82) is 0 Å². The summed E-state index contributed by atoms with van der Waals surface area (Å²) in [6, 6.07) is -1.93. The van der Waals surface area contributed by atoms with Crippen LogP contribution in [0.3, 0.4) is 0 Å². The summed E-state index contributed by atoms with van der Waals surface area (Å²) < 4.78 is 0. The van der Waals surface area contributed by atoms with E-state index in [0.717, 1.165) is 11.5 Å². The van der Waals surface area contributed by atoms with Crippen LogP contribution in [0.5, 0.6) is 0 Å². The van der Waals surface area contributed by atoms with Gasteiger partial charge in [0.05, 0.1) is 6.04 Å². The van der Waals surface area contributed by atoms with E-state index in [1.54, 1.807) is 28.4 Å². The zero-order valence-electron chi connectivity index (χ0n) is 18.3. The molecule has 4 unspecified atom stereocenters. The van der Waals surface area contributed by atoms with Crippen LogP contribution >= 0.6 is 23.5 Å². The Morgan fingerprint density at radius 3 is 2.24 bits per heavy atom. The molecule has 4 atom stereocenters. The molecule has 1 fully saturated rings. The van der Waals surface area contributed by atoms with E-state index in [4.69, 9.17) is 0 Å². The Bertz CT molecular complexity index is 600. The molecule has 0 radical (unpaired) electrons. The van der Waals surface area contributed by atoms with Gasteiger partial charge in [0.25, 0.3) is 0 Å². The van der Waals surface area contributed by atoms with Gasteiger partial charge in [-0.1, -0.05) is 13.8 Å². The number of nitrogens with zero attached hydrogens (tertiary/aromatic N) is 1. The third-order valence-electron chi connectivity index (χ3n) is 5.05. The van der Waals surface area contributed by atoms with Crippen LogP contribution in [0, 0.1) is 5.92 Å². The smallest absolute Gasteiger partial charge is 0.246 e. The van der Waals surface area contributed by atoms with Crippen LogP contribution in [0.4, 0.5) is 0 Å². The molecule has 1 aliphatic rings. The van der Waals surface area contributed by atoms with Crippen molar-refractivity contribution in [2.24, 2.45) is 5.92 Å². The molecule has 1 saturated heterocycles. The Hall–Kier alpha value is -1.22. The number of carbonyl (C=O) groups excluding carboxylic acids is 4. The van der Waals surface area contributed by atoms with Crippen LogP contribution in [-0.2, 0) is 19.2 Å². The quantitative estimate of drug-likeness (QED) is 0.475. The van der Waals surface area contributed by atoms with Crippen molar-refractivity contribution >= 4 is 47.0 Å². The molecule has 9 heteroatoms. The van der Waals surface area contributed by atoms with E-state index in [1.807, 2.05) is 33.3 Å². The Balaban J connectivity index is 2.92. The molecule has 0 bridgehead atoms. The number of nitrogens with one attached hydrogen (secondary N) is 2. The molecule has 1 rings (SSSR count). The fourth-order valence-corrected chi connectivity index (χ4v) is 4.52. The van der Waals surface area contributed by atoms with Gasteiger partial charge in [0.15, 0.2) is 5.78 Å². The van der Waals surface area contributed by atoms with Gasteiger partial charge in [-0.3, -0.25) is 19.2 Å². The molecule has 7 nitrogen and oxygen atoms in total. The largest absolute Gasteiger partial charge is 0.345 e. The number of likely N-dealkylation sites (tertiary alicyclic amines) is 1. The number of rotatable bonds is 12. The Labute approximate surface area is 182 Å². The molecule has 0 aromatic rings. The van der Waals surface area contributed by atoms with Gasteiger partial charge >= 0.3 is 0 Å². The predicted octanol–water partition coefficient (Wildman–Crippen LogP) is 1.70. The molecule has 166 valence electrons. The predicted molar refractivity (Wildman–Crippen MR) is 120 cm³/mol. The fraction of sp³-hybridized carbons (Fsp3) is 0.800. The number of hydrogen-bond acceptors (Lipinski definition) is 6. The summed E-state index contributed by atoms with van der Waals surface area (Å²) in [6.07, 6.45) is 5.47. The summed E-state index contributed by atoms with van der Waals surface area (Å²) in [5, 5.41) is 5.48. The second kappa shape index (κ2) is 12.5. The van der Waals surface area contributed by atoms with Gasteiger partial charge in [0.1, 0.15) is 12.1 Å². The van der Waals surface area contributed by atoms with Crippen molar-refractivity contribution in [3.63, 3.8) is 0 Å². The van der Waals surface area contributed by atoms with E-state index in [-0.39, 0.29) is 35.5 Å². The van der Waals surface area contributed by atoms with Crippen molar-refractivity contribution in [2.45, 2.75) is 71.1 Å². The van der Waals surface area contributed by atoms with Crippen LogP contribution in [0.15, 0.2) is 0 Å². The van der Waals surface area contributed by atoms with E-state index >= 15 is 0 Å². The number of Topliss-reactive ketones (excluding diaryl/α,β-unsaturated/α-hetero) is 1. The molecular formula is C20H35N3O4S2. The van der Waals surface area contributed by atoms with Crippen LogP contribution in [-0.4, -0.2) is 76.6 Å². The molecule has 3 amide bonds. The van der Waals surface area contributed by atoms with Crippen LogP contribution in [0.2, 0.25) is 0 Å². The standard InChI is InChI=1S/C20H35N3O4S2/c1-12(2)18(25)17(8-10-29-6)23-13(3)11-16(20(23)27)22-19(26)15(7-9-28-5)21-14(4)24/h12-13,15-17H,7-11H2,1-6H3,(H,21,24)(H,22,26). The molecule has 0 spiro atoms. The number of amides is 3. The first-order valence-corrected chi connectivity index (χ1v) is 12.8. The minimum atomic E-state index is -0.667. The lowest BCUT2D eigenvalue weighted by atomic mass is 9.98. The summed E-state index contributed by atoms with van der Waals surface area (Å²) >= 11 is 3.24. The monoisotopic (exact) mass is 445 g/mol. The maximum absolute atomic E-state index is 13.1. The first-order valence-electron chi connectivity index (χ1n) is 10.0. The van der Waals surface area contributed by atoms with Gasteiger partial charge < -0.3 is 15.5 Å². The molecule has 29 heavy (non-hydrogen) atoms. The zero-order valence-corrected chi connectivity index (χ0v) is 20.0. The summed E-state index contributed by atoms with van der Waals surface area (Å²) in [6.45, 7) is 6.99. The Morgan fingerprint density at radius 2 is 1.72 bits per heavy atom. The van der Waals surface area contributed by atoms with E-state index in [1.165, 1.54) is 6.92 Å². The second-order valence-electron chi connectivity index (χ2n) is 7.78. The molecule has 2 N–H and O–H groups in total. The van der Waals surface area contributed by atoms with Gasteiger partial charge in [-0.2, -0.15) is 23.5 Å². The van der Waals surface area contributed by atoms with Crippen molar-refractivity contribution in [2.75, 3.05) is 24.0 Å². The van der Waals surface area contributed by atoms with Crippen molar-refractivity contribution < 1.29 is 19.2 Å². The zero-order chi connectivity index (χ0) is 22.1. The molecule has 0 aliphatic carbocycles. The highest BCUT2D eigenvalue weighted by Gasteiger charge is 2.44. The van der Waals surface area contributed by atoms with Crippen LogP contribution < -0.4 is 10.6 Å². The van der Waals surface area contributed by atoms with Crippen molar-refractivity contribution in [3.8, 4) is 0 Å². The molecule has 0 aromatic carbocycles. The van der Waals surface area contributed by atoms with Crippen LogP contribution in [0.1, 0.15) is 47.0 Å². The van der Waals surface area contributed by atoms with E-state index in [2.05, 4.69) is 10.6 Å². The minimum absolute atomic E-state index is 0.0577. The van der Waals surface area contributed by atoms with Gasteiger partial charge in [-0.15, -0.1) is 0 Å². The topological polar surface area (TPSA) is 95.6 Å². The number of hydrogen-bond donors (Lipinski definition) is 2. The highest BCUT2D eigenvalue weighted by molar-refractivity contribution is 7.98. The summed E-state index contributed by atoms with van der Waals surface area (Å²) in [7, 11) is 0.